The first-order valence-corrected chi connectivity index (χ1v) is 9.47. The lowest BCUT2D eigenvalue weighted by molar-refractivity contribution is 0.194. The van der Waals surface area contributed by atoms with E-state index in [1.807, 2.05) is 43.7 Å². The number of para-hydroxylation sites is 1. The first kappa shape index (κ1) is 18.4. The highest BCUT2D eigenvalue weighted by molar-refractivity contribution is 5.50. The molecule has 0 spiro atoms. The minimum Gasteiger partial charge on any atom is -0.391 e. The van der Waals surface area contributed by atoms with Gasteiger partial charge in [-0.05, 0) is 18.6 Å². The Kier molecular flexibility index (Phi) is 5.50. The van der Waals surface area contributed by atoms with Crippen LogP contribution in [0.15, 0.2) is 55.1 Å². The van der Waals surface area contributed by atoms with Crippen LogP contribution in [-0.4, -0.2) is 56.9 Å². The summed E-state index contributed by atoms with van der Waals surface area (Å²) in [5, 5.41) is 16.7. The summed E-state index contributed by atoms with van der Waals surface area (Å²) in [6, 6.07) is 12.2. The fraction of sp³-hybridized carbons (Fsp3) is 0.350. The molecule has 4 rings (SSSR count). The molecule has 1 saturated heterocycles. The third-order valence-corrected chi connectivity index (χ3v) is 5.01. The van der Waals surface area contributed by atoms with E-state index < -0.39 is 0 Å². The van der Waals surface area contributed by atoms with Crippen LogP contribution < -0.4 is 15.5 Å². The molecule has 1 aliphatic rings. The number of hydrogen-bond acceptors (Lipinski definition) is 7. The van der Waals surface area contributed by atoms with Crippen molar-refractivity contribution >= 4 is 11.6 Å². The smallest absolute Gasteiger partial charge is 0.134 e. The van der Waals surface area contributed by atoms with Crippen molar-refractivity contribution in [1.82, 2.24) is 24.8 Å². The summed E-state index contributed by atoms with van der Waals surface area (Å²) in [5.41, 5.74) is 1.09. The molecule has 3 heterocycles. The number of rotatable bonds is 7. The van der Waals surface area contributed by atoms with E-state index in [0.717, 1.165) is 29.7 Å². The van der Waals surface area contributed by atoms with Crippen LogP contribution in [0.3, 0.4) is 0 Å². The van der Waals surface area contributed by atoms with E-state index in [9.17, 15) is 5.11 Å². The van der Waals surface area contributed by atoms with Crippen LogP contribution in [0.2, 0.25) is 0 Å². The summed E-state index contributed by atoms with van der Waals surface area (Å²) >= 11 is 0. The van der Waals surface area contributed by atoms with E-state index in [0.29, 0.717) is 19.5 Å². The summed E-state index contributed by atoms with van der Waals surface area (Å²) in [6.45, 7) is 1.95. The van der Waals surface area contributed by atoms with Gasteiger partial charge in [-0.15, -0.1) is 0 Å². The minimum atomic E-state index is -0.355. The minimum absolute atomic E-state index is 0.162. The number of benzene rings is 1. The van der Waals surface area contributed by atoms with Gasteiger partial charge in [-0.2, -0.15) is 0 Å². The molecule has 146 valence electrons. The second-order valence-electron chi connectivity index (χ2n) is 6.89. The number of nitrogens with one attached hydrogen (secondary N) is 2. The molecule has 8 nitrogen and oxygen atoms in total. The quantitative estimate of drug-likeness (QED) is 0.572. The van der Waals surface area contributed by atoms with Gasteiger partial charge in [0.1, 0.15) is 23.8 Å². The SMILES string of the molecule is CNc1cc(N2C[C@H](O)C[C@@H]2CNCc2nccn2-c2ccccc2)ncn1. The Morgan fingerprint density at radius 2 is 2.04 bits per heavy atom. The third kappa shape index (κ3) is 3.97. The fourth-order valence-electron chi connectivity index (χ4n) is 3.65. The molecule has 8 heteroatoms. The largest absolute Gasteiger partial charge is 0.391 e. The van der Waals surface area contributed by atoms with Gasteiger partial charge in [0, 0.05) is 50.3 Å². The number of nitrogens with zero attached hydrogens (tertiary/aromatic N) is 5. The molecule has 3 N–H and O–H groups in total. The molecular formula is C20H25N7O. The highest BCUT2D eigenvalue weighted by Crippen LogP contribution is 2.25. The number of imidazole rings is 1. The Labute approximate surface area is 164 Å². The Morgan fingerprint density at radius 3 is 2.86 bits per heavy atom. The van der Waals surface area contributed by atoms with Crippen molar-refractivity contribution in [3.8, 4) is 5.69 Å². The van der Waals surface area contributed by atoms with E-state index in [4.69, 9.17) is 0 Å². The number of β-amino-alcohol motifs (C(OH)–C–C–N with tert-alkyl or cyclic N) is 1. The molecule has 0 aliphatic carbocycles. The average molecular weight is 379 g/mol. The van der Waals surface area contributed by atoms with Crippen LogP contribution in [0.5, 0.6) is 0 Å². The zero-order valence-electron chi connectivity index (χ0n) is 15.9. The maximum absolute atomic E-state index is 10.2. The second kappa shape index (κ2) is 8.37. The van der Waals surface area contributed by atoms with Crippen LogP contribution in [0, 0.1) is 0 Å². The van der Waals surface area contributed by atoms with Crippen LogP contribution in [-0.2, 0) is 6.54 Å². The van der Waals surface area contributed by atoms with Gasteiger partial charge in [-0.3, -0.25) is 0 Å². The monoisotopic (exact) mass is 379 g/mol. The lowest BCUT2D eigenvalue weighted by Crippen LogP contribution is -2.38. The molecular weight excluding hydrogens is 354 g/mol. The normalized spacial score (nSPS) is 19.1. The number of aliphatic hydroxyl groups excluding tert-OH is 1. The van der Waals surface area contributed by atoms with Gasteiger partial charge >= 0.3 is 0 Å². The van der Waals surface area contributed by atoms with E-state index >= 15 is 0 Å². The Balaban J connectivity index is 1.41. The molecule has 1 aromatic carbocycles. The topological polar surface area (TPSA) is 91.1 Å². The summed E-state index contributed by atoms with van der Waals surface area (Å²) in [5.74, 6) is 2.55. The van der Waals surface area contributed by atoms with E-state index in [1.165, 1.54) is 0 Å². The van der Waals surface area contributed by atoms with Crippen molar-refractivity contribution in [2.75, 3.05) is 30.4 Å². The van der Waals surface area contributed by atoms with Gasteiger partial charge in [0.05, 0.1) is 12.6 Å². The van der Waals surface area contributed by atoms with Crippen LogP contribution in [0.25, 0.3) is 5.69 Å². The first-order chi connectivity index (χ1) is 13.7. The summed E-state index contributed by atoms with van der Waals surface area (Å²) in [7, 11) is 1.83. The molecule has 1 fully saturated rings. The molecule has 3 aromatic rings. The standard InChI is InChI=1S/C20H25N7O/c1-21-18-10-19(25-14-24-18)27-13-17(28)9-16(27)11-22-12-20-23-7-8-26(20)15-5-3-2-4-6-15/h2-8,10,14,16-17,22,28H,9,11-13H2,1H3,(H,21,24,25)/t16-,17-/m1/s1. The van der Waals surface area contributed by atoms with Gasteiger partial charge in [0.15, 0.2) is 0 Å². The zero-order valence-corrected chi connectivity index (χ0v) is 15.9. The first-order valence-electron chi connectivity index (χ1n) is 9.47. The van der Waals surface area contributed by atoms with Crippen molar-refractivity contribution in [2.24, 2.45) is 0 Å². The van der Waals surface area contributed by atoms with Crippen LogP contribution in [0.4, 0.5) is 11.6 Å². The van der Waals surface area contributed by atoms with Crippen molar-refractivity contribution in [3.05, 3.63) is 60.9 Å². The van der Waals surface area contributed by atoms with Gasteiger partial charge < -0.3 is 25.2 Å². The fourth-order valence-corrected chi connectivity index (χ4v) is 3.65. The summed E-state index contributed by atoms with van der Waals surface area (Å²) < 4.78 is 2.08. The van der Waals surface area contributed by atoms with Crippen molar-refractivity contribution in [1.29, 1.82) is 0 Å². The summed E-state index contributed by atoms with van der Waals surface area (Å²) in [4.78, 5) is 15.2. The lowest BCUT2D eigenvalue weighted by Gasteiger charge is -2.25. The maximum Gasteiger partial charge on any atom is 0.134 e. The number of aromatic nitrogens is 4. The van der Waals surface area contributed by atoms with Gasteiger partial charge in [0.2, 0.25) is 0 Å². The molecule has 0 bridgehead atoms. The second-order valence-corrected chi connectivity index (χ2v) is 6.89. The predicted molar refractivity (Wildman–Crippen MR) is 109 cm³/mol. The Bertz CT molecular complexity index is 898. The molecule has 2 atom stereocenters. The van der Waals surface area contributed by atoms with E-state index in [2.05, 4.69) is 47.2 Å². The Morgan fingerprint density at radius 1 is 1.18 bits per heavy atom. The molecule has 0 saturated carbocycles. The third-order valence-electron chi connectivity index (χ3n) is 5.01. The van der Waals surface area contributed by atoms with Crippen molar-refractivity contribution in [2.45, 2.75) is 25.1 Å². The molecule has 0 unspecified atom stereocenters. The van der Waals surface area contributed by atoms with Gasteiger partial charge in [-0.1, -0.05) is 18.2 Å². The molecule has 28 heavy (non-hydrogen) atoms. The number of aliphatic hydroxyl groups is 1. The maximum atomic E-state index is 10.2. The molecule has 0 radical (unpaired) electrons. The molecule has 0 amide bonds. The highest BCUT2D eigenvalue weighted by Gasteiger charge is 2.31. The average Bonchev–Trinajstić information content (AvgIpc) is 3.35. The van der Waals surface area contributed by atoms with Crippen molar-refractivity contribution in [3.63, 3.8) is 0 Å². The van der Waals surface area contributed by atoms with Gasteiger partial charge in [-0.25, -0.2) is 15.0 Å². The van der Waals surface area contributed by atoms with Gasteiger partial charge in [0.25, 0.3) is 0 Å². The molecule has 2 aromatic heterocycles. The van der Waals surface area contributed by atoms with E-state index in [-0.39, 0.29) is 12.1 Å². The lowest BCUT2D eigenvalue weighted by atomic mass is 10.2. The molecule has 1 aliphatic heterocycles. The van der Waals surface area contributed by atoms with E-state index in [1.54, 1.807) is 6.33 Å². The number of anilines is 2. The van der Waals surface area contributed by atoms with Crippen LogP contribution >= 0.6 is 0 Å². The Hall–Kier alpha value is -2.97. The highest BCUT2D eigenvalue weighted by atomic mass is 16.3. The summed E-state index contributed by atoms with van der Waals surface area (Å²) in [6.07, 6.45) is 5.69. The van der Waals surface area contributed by atoms with Crippen LogP contribution in [0.1, 0.15) is 12.2 Å². The predicted octanol–water partition coefficient (Wildman–Crippen LogP) is 1.43. The zero-order chi connectivity index (χ0) is 19.3. The van der Waals surface area contributed by atoms with Crippen molar-refractivity contribution < 1.29 is 5.11 Å². The number of hydrogen-bond donors (Lipinski definition) is 3.